The molecule has 1 heterocycles. The molecular weight excluding hydrogens is 304 g/mol. The molecule has 0 amide bonds. The fraction of sp³-hybridized carbons (Fsp3) is 0.250. The number of aliphatic hydroxyl groups is 1. The highest BCUT2D eigenvalue weighted by Gasteiger charge is 2.27. The van der Waals surface area contributed by atoms with Crippen LogP contribution in [0.25, 0.3) is 0 Å². The molecule has 0 bridgehead atoms. The maximum atomic E-state index is 10.2. The number of ether oxygens (including phenoxy) is 1. The van der Waals surface area contributed by atoms with Crippen molar-refractivity contribution in [2.75, 3.05) is 0 Å². The van der Waals surface area contributed by atoms with Crippen LogP contribution in [-0.2, 0) is 0 Å². The van der Waals surface area contributed by atoms with E-state index >= 15 is 0 Å². The molecule has 0 saturated carbocycles. The van der Waals surface area contributed by atoms with Crippen LogP contribution in [0.1, 0.15) is 35.3 Å². The van der Waals surface area contributed by atoms with Crippen molar-refractivity contribution in [1.82, 2.24) is 0 Å². The van der Waals surface area contributed by atoms with Gasteiger partial charge in [-0.05, 0) is 30.2 Å². The molecule has 2 unspecified atom stereocenters. The lowest BCUT2D eigenvalue weighted by molar-refractivity contribution is 0.0657. The predicted molar refractivity (Wildman–Crippen MR) is 78.3 cm³/mol. The molecule has 2 aromatic carbocycles. The Morgan fingerprint density at radius 3 is 2.79 bits per heavy atom. The molecule has 0 radical (unpaired) electrons. The van der Waals surface area contributed by atoms with E-state index in [1.165, 1.54) is 5.56 Å². The monoisotopic (exact) mass is 318 g/mol. The molecule has 2 atom stereocenters. The van der Waals surface area contributed by atoms with Gasteiger partial charge in [0.15, 0.2) is 0 Å². The topological polar surface area (TPSA) is 29.5 Å². The van der Waals surface area contributed by atoms with Crippen LogP contribution >= 0.6 is 15.9 Å². The number of fused-ring (bicyclic) bond motifs is 1. The van der Waals surface area contributed by atoms with Gasteiger partial charge in [-0.25, -0.2) is 0 Å². The zero-order valence-electron chi connectivity index (χ0n) is 10.6. The standard InChI is InChI=1S/C16H15BrO2/c1-10-6-7-11(8-13(10)17)16-9-14(18)12-4-2-3-5-15(12)19-16/h2-8,14,16,18H,9H2,1H3. The second-order valence-electron chi connectivity index (χ2n) is 4.90. The summed E-state index contributed by atoms with van der Waals surface area (Å²) in [5.74, 6) is 0.781. The van der Waals surface area contributed by atoms with Crippen LogP contribution in [0.15, 0.2) is 46.9 Å². The van der Waals surface area contributed by atoms with Crippen LogP contribution in [0, 0.1) is 6.92 Å². The maximum absolute atomic E-state index is 10.2. The van der Waals surface area contributed by atoms with Crippen LogP contribution < -0.4 is 4.74 Å². The molecule has 0 aromatic heterocycles. The van der Waals surface area contributed by atoms with Crippen molar-refractivity contribution in [1.29, 1.82) is 0 Å². The van der Waals surface area contributed by atoms with Gasteiger partial charge in [0.2, 0.25) is 0 Å². The Hall–Kier alpha value is -1.32. The van der Waals surface area contributed by atoms with Crippen LogP contribution in [0.2, 0.25) is 0 Å². The summed E-state index contributed by atoms with van der Waals surface area (Å²) in [6.45, 7) is 2.06. The molecule has 3 rings (SSSR count). The van der Waals surface area contributed by atoms with Crippen LogP contribution in [-0.4, -0.2) is 5.11 Å². The lowest BCUT2D eigenvalue weighted by Crippen LogP contribution is -2.18. The van der Waals surface area contributed by atoms with Crippen molar-refractivity contribution in [2.45, 2.75) is 25.6 Å². The first kappa shape index (κ1) is 12.7. The molecule has 1 aliphatic rings. The molecule has 2 aromatic rings. The van der Waals surface area contributed by atoms with Gasteiger partial charge in [0, 0.05) is 16.5 Å². The van der Waals surface area contributed by atoms with Gasteiger partial charge in [0.05, 0.1) is 6.10 Å². The first-order valence-corrected chi connectivity index (χ1v) is 7.14. The van der Waals surface area contributed by atoms with E-state index in [4.69, 9.17) is 4.74 Å². The van der Waals surface area contributed by atoms with E-state index in [9.17, 15) is 5.11 Å². The molecular formula is C16H15BrO2. The first-order valence-electron chi connectivity index (χ1n) is 6.35. The fourth-order valence-corrected chi connectivity index (χ4v) is 2.80. The molecule has 19 heavy (non-hydrogen) atoms. The second kappa shape index (κ2) is 4.99. The smallest absolute Gasteiger partial charge is 0.127 e. The number of hydrogen-bond donors (Lipinski definition) is 1. The van der Waals surface area contributed by atoms with Gasteiger partial charge in [-0.1, -0.05) is 46.3 Å². The van der Waals surface area contributed by atoms with Gasteiger partial charge in [-0.3, -0.25) is 0 Å². The quantitative estimate of drug-likeness (QED) is 0.848. The molecule has 0 aliphatic carbocycles. The van der Waals surface area contributed by atoms with E-state index in [0.29, 0.717) is 6.42 Å². The molecule has 0 saturated heterocycles. The molecule has 0 spiro atoms. The summed E-state index contributed by atoms with van der Waals surface area (Å²) in [6.07, 6.45) is 0.0313. The van der Waals surface area contributed by atoms with Crippen molar-refractivity contribution in [3.8, 4) is 5.75 Å². The summed E-state index contributed by atoms with van der Waals surface area (Å²) in [7, 11) is 0. The van der Waals surface area contributed by atoms with Crippen molar-refractivity contribution in [3.63, 3.8) is 0 Å². The van der Waals surface area contributed by atoms with Gasteiger partial charge in [-0.15, -0.1) is 0 Å². The molecule has 98 valence electrons. The van der Waals surface area contributed by atoms with Crippen molar-refractivity contribution in [3.05, 3.63) is 63.6 Å². The summed E-state index contributed by atoms with van der Waals surface area (Å²) in [6, 6.07) is 13.9. The Morgan fingerprint density at radius 2 is 2.00 bits per heavy atom. The van der Waals surface area contributed by atoms with Gasteiger partial charge < -0.3 is 9.84 Å². The Kier molecular flexibility index (Phi) is 3.33. The van der Waals surface area contributed by atoms with Crippen LogP contribution in [0.4, 0.5) is 0 Å². The Balaban J connectivity index is 1.94. The van der Waals surface area contributed by atoms with Gasteiger partial charge in [-0.2, -0.15) is 0 Å². The highest BCUT2D eigenvalue weighted by Crippen LogP contribution is 2.41. The van der Waals surface area contributed by atoms with E-state index in [1.54, 1.807) is 0 Å². The lowest BCUT2D eigenvalue weighted by atomic mass is 9.95. The summed E-state index contributed by atoms with van der Waals surface area (Å²) >= 11 is 3.54. The largest absolute Gasteiger partial charge is 0.485 e. The molecule has 0 fully saturated rings. The van der Waals surface area contributed by atoms with Crippen molar-refractivity contribution in [2.24, 2.45) is 0 Å². The Morgan fingerprint density at radius 1 is 1.21 bits per heavy atom. The maximum Gasteiger partial charge on any atom is 0.127 e. The lowest BCUT2D eigenvalue weighted by Gasteiger charge is -2.30. The van der Waals surface area contributed by atoms with Gasteiger partial charge in [0.1, 0.15) is 11.9 Å². The van der Waals surface area contributed by atoms with Crippen LogP contribution in [0.5, 0.6) is 5.75 Å². The average Bonchev–Trinajstić information content (AvgIpc) is 2.42. The number of rotatable bonds is 1. The SMILES string of the molecule is Cc1ccc(C2CC(O)c3ccccc3O2)cc1Br. The normalized spacial score (nSPS) is 21.6. The molecule has 3 heteroatoms. The summed E-state index contributed by atoms with van der Waals surface area (Å²) in [5.41, 5.74) is 3.16. The average molecular weight is 319 g/mol. The van der Waals surface area contributed by atoms with E-state index in [-0.39, 0.29) is 6.10 Å². The number of aryl methyl sites for hydroxylation is 1. The number of benzene rings is 2. The highest BCUT2D eigenvalue weighted by molar-refractivity contribution is 9.10. The Labute approximate surface area is 121 Å². The van der Waals surface area contributed by atoms with Gasteiger partial charge in [0.25, 0.3) is 0 Å². The third-order valence-corrected chi connectivity index (χ3v) is 4.41. The van der Waals surface area contributed by atoms with Crippen molar-refractivity contribution < 1.29 is 9.84 Å². The van der Waals surface area contributed by atoms with Crippen molar-refractivity contribution >= 4 is 15.9 Å². The molecule has 1 N–H and O–H groups in total. The summed E-state index contributed by atoms with van der Waals surface area (Å²) in [5, 5.41) is 10.2. The minimum absolute atomic E-state index is 0.0956. The van der Waals surface area contributed by atoms with E-state index < -0.39 is 6.10 Å². The summed E-state index contributed by atoms with van der Waals surface area (Å²) in [4.78, 5) is 0. The number of hydrogen-bond acceptors (Lipinski definition) is 2. The van der Waals surface area contributed by atoms with Crippen LogP contribution in [0.3, 0.4) is 0 Å². The third-order valence-electron chi connectivity index (χ3n) is 3.55. The third kappa shape index (κ3) is 2.40. The molecule has 2 nitrogen and oxygen atoms in total. The summed E-state index contributed by atoms with van der Waals surface area (Å²) < 4.78 is 7.07. The second-order valence-corrected chi connectivity index (χ2v) is 5.76. The Bertz CT molecular complexity index is 609. The number of para-hydroxylation sites is 1. The number of halogens is 1. The predicted octanol–water partition coefficient (Wildman–Crippen LogP) is 4.31. The number of aliphatic hydroxyl groups excluding tert-OH is 1. The zero-order valence-corrected chi connectivity index (χ0v) is 12.2. The highest BCUT2D eigenvalue weighted by atomic mass is 79.9. The van der Waals surface area contributed by atoms with E-state index in [2.05, 4.69) is 41.1 Å². The minimum atomic E-state index is -0.463. The first-order chi connectivity index (χ1) is 9.15. The molecule has 1 aliphatic heterocycles. The minimum Gasteiger partial charge on any atom is -0.485 e. The van der Waals surface area contributed by atoms with Gasteiger partial charge >= 0.3 is 0 Å². The fourth-order valence-electron chi connectivity index (χ4n) is 2.41. The zero-order chi connectivity index (χ0) is 13.4. The van der Waals surface area contributed by atoms with E-state index in [1.807, 2.05) is 24.3 Å². The van der Waals surface area contributed by atoms with E-state index in [0.717, 1.165) is 21.3 Å².